The van der Waals surface area contributed by atoms with Gasteiger partial charge in [-0.1, -0.05) is 41.9 Å². The number of ether oxygens (including phenoxy) is 2. The summed E-state index contributed by atoms with van der Waals surface area (Å²) in [5.41, 5.74) is 0.192. The minimum Gasteiger partial charge on any atom is -0.495 e. The lowest BCUT2D eigenvalue weighted by Crippen LogP contribution is -2.48. The highest BCUT2D eigenvalue weighted by molar-refractivity contribution is 7.92. The number of nitrogens with zero attached hydrogens (tertiary/aromatic N) is 1. The second kappa shape index (κ2) is 10.1. The molecule has 3 aromatic rings. The number of hydrogen-bond donors (Lipinski definition) is 1. The summed E-state index contributed by atoms with van der Waals surface area (Å²) in [5, 5.41) is 5.21. The van der Waals surface area contributed by atoms with E-state index in [1.165, 1.54) is 20.1 Å². The van der Waals surface area contributed by atoms with Gasteiger partial charge in [0.15, 0.2) is 0 Å². The zero-order chi connectivity index (χ0) is 23.3. The SMILES string of the molecule is COc1ccc(Cl)cc1N([C@H](C)C(=O)NCCOc1ccc2ccccc2c1)S(C)(=O)=O. The van der Waals surface area contributed by atoms with Crippen molar-refractivity contribution in [3.63, 3.8) is 0 Å². The van der Waals surface area contributed by atoms with Gasteiger partial charge in [-0.2, -0.15) is 0 Å². The van der Waals surface area contributed by atoms with Crippen LogP contribution in [-0.4, -0.2) is 46.9 Å². The van der Waals surface area contributed by atoms with E-state index in [1.54, 1.807) is 12.1 Å². The average Bonchev–Trinajstić information content (AvgIpc) is 2.75. The normalized spacial score (nSPS) is 12.2. The van der Waals surface area contributed by atoms with Crippen molar-refractivity contribution < 1.29 is 22.7 Å². The van der Waals surface area contributed by atoms with Crippen LogP contribution in [0, 0.1) is 0 Å². The molecule has 0 bridgehead atoms. The van der Waals surface area contributed by atoms with Crippen LogP contribution >= 0.6 is 11.6 Å². The van der Waals surface area contributed by atoms with Gasteiger partial charge in [0.1, 0.15) is 24.1 Å². The Kier molecular flexibility index (Phi) is 7.48. The molecule has 0 saturated carbocycles. The van der Waals surface area contributed by atoms with Crippen LogP contribution in [0.2, 0.25) is 5.02 Å². The summed E-state index contributed by atoms with van der Waals surface area (Å²) >= 11 is 6.06. The molecule has 0 radical (unpaired) electrons. The van der Waals surface area contributed by atoms with Gasteiger partial charge in [-0.3, -0.25) is 9.10 Å². The van der Waals surface area contributed by atoms with Crippen LogP contribution in [0.1, 0.15) is 6.92 Å². The highest BCUT2D eigenvalue weighted by Gasteiger charge is 2.31. The van der Waals surface area contributed by atoms with Gasteiger partial charge in [0.25, 0.3) is 0 Å². The number of benzene rings is 3. The van der Waals surface area contributed by atoms with Gasteiger partial charge in [0, 0.05) is 5.02 Å². The number of fused-ring (bicyclic) bond motifs is 1. The van der Waals surface area contributed by atoms with Crippen LogP contribution in [0.4, 0.5) is 5.69 Å². The molecule has 9 heteroatoms. The van der Waals surface area contributed by atoms with Crippen molar-refractivity contribution in [3.05, 3.63) is 65.7 Å². The third-order valence-electron chi connectivity index (χ3n) is 4.86. The van der Waals surface area contributed by atoms with Crippen molar-refractivity contribution in [2.24, 2.45) is 0 Å². The monoisotopic (exact) mass is 476 g/mol. The van der Waals surface area contributed by atoms with E-state index in [1.807, 2.05) is 42.5 Å². The minimum absolute atomic E-state index is 0.192. The van der Waals surface area contributed by atoms with E-state index >= 15 is 0 Å². The number of sulfonamides is 1. The van der Waals surface area contributed by atoms with E-state index in [0.717, 1.165) is 21.3 Å². The van der Waals surface area contributed by atoms with Gasteiger partial charge in [-0.15, -0.1) is 0 Å². The molecule has 0 aliphatic heterocycles. The van der Waals surface area contributed by atoms with Gasteiger partial charge in [-0.05, 0) is 48.0 Å². The van der Waals surface area contributed by atoms with Crippen molar-refractivity contribution in [1.82, 2.24) is 5.32 Å². The number of hydrogen-bond acceptors (Lipinski definition) is 5. The van der Waals surface area contributed by atoms with Crippen molar-refractivity contribution in [1.29, 1.82) is 0 Å². The molecule has 0 saturated heterocycles. The number of nitrogens with one attached hydrogen (secondary N) is 1. The molecule has 1 atom stereocenters. The Hall–Kier alpha value is -2.97. The maximum absolute atomic E-state index is 12.7. The molecule has 0 unspecified atom stereocenters. The molecule has 0 aromatic heterocycles. The molecule has 3 aromatic carbocycles. The van der Waals surface area contributed by atoms with Crippen LogP contribution in [0.5, 0.6) is 11.5 Å². The highest BCUT2D eigenvalue weighted by Crippen LogP contribution is 2.34. The van der Waals surface area contributed by atoms with Crippen molar-refractivity contribution >= 4 is 44.0 Å². The molecule has 0 fully saturated rings. The first-order valence-electron chi connectivity index (χ1n) is 9.93. The predicted octanol–water partition coefficient (Wildman–Crippen LogP) is 3.85. The van der Waals surface area contributed by atoms with Crippen LogP contribution in [0.25, 0.3) is 10.8 Å². The molecule has 170 valence electrons. The second-order valence-electron chi connectivity index (χ2n) is 7.20. The van der Waals surface area contributed by atoms with E-state index in [0.29, 0.717) is 16.5 Å². The first-order chi connectivity index (χ1) is 15.2. The fourth-order valence-corrected chi connectivity index (χ4v) is 4.70. The molecule has 32 heavy (non-hydrogen) atoms. The number of amides is 1. The van der Waals surface area contributed by atoms with Gasteiger partial charge in [0.05, 0.1) is 25.6 Å². The Morgan fingerprint density at radius 2 is 1.81 bits per heavy atom. The van der Waals surface area contributed by atoms with Crippen LogP contribution in [0.3, 0.4) is 0 Å². The number of methoxy groups -OCH3 is 1. The largest absolute Gasteiger partial charge is 0.495 e. The van der Waals surface area contributed by atoms with E-state index < -0.39 is 22.0 Å². The Morgan fingerprint density at radius 3 is 2.50 bits per heavy atom. The van der Waals surface area contributed by atoms with Gasteiger partial charge < -0.3 is 14.8 Å². The Morgan fingerprint density at radius 1 is 1.09 bits per heavy atom. The standard InChI is InChI=1S/C23H25ClN2O5S/c1-16(26(32(3,28)29)21-15-19(24)9-11-22(21)30-2)23(27)25-12-13-31-20-10-8-17-6-4-5-7-18(17)14-20/h4-11,14-16H,12-13H2,1-3H3,(H,25,27)/t16-/m1/s1. The van der Waals surface area contributed by atoms with Crippen molar-refractivity contribution in [2.45, 2.75) is 13.0 Å². The van der Waals surface area contributed by atoms with Gasteiger partial charge in [-0.25, -0.2) is 8.42 Å². The van der Waals surface area contributed by atoms with E-state index in [9.17, 15) is 13.2 Å². The summed E-state index contributed by atoms with van der Waals surface area (Å²) in [7, 11) is -2.38. The Balaban J connectivity index is 1.65. The Bertz CT molecular complexity index is 1220. The summed E-state index contributed by atoms with van der Waals surface area (Å²) in [5.74, 6) is 0.506. The topological polar surface area (TPSA) is 84.9 Å². The third kappa shape index (κ3) is 5.63. The lowest BCUT2D eigenvalue weighted by atomic mass is 10.1. The molecule has 0 heterocycles. The van der Waals surface area contributed by atoms with E-state index in [2.05, 4.69) is 5.32 Å². The first-order valence-corrected chi connectivity index (χ1v) is 12.2. The van der Waals surface area contributed by atoms with E-state index in [4.69, 9.17) is 21.1 Å². The average molecular weight is 477 g/mol. The summed E-state index contributed by atoms with van der Waals surface area (Å²) in [4.78, 5) is 12.7. The summed E-state index contributed by atoms with van der Waals surface area (Å²) in [6, 6.07) is 17.3. The molecule has 1 amide bonds. The number of halogens is 1. The second-order valence-corrected chi connectivity index (χ2v) is 9.50. The Labute approximate surface area is 192 Å². The molecule has 0 spiro atoms. The molecule has 0 aliphatic rings. The maximum Gasteiger partial charge on any atom is 0.243 e. The summed E-state index contributed by atoms with van der Waals surface area (Å²) in [6.45, 7) is 1.94. The van der Waals surface area contributed by atoms with Crippen LogP contribution in [-0.2, 0) is 14.8 Å². The number of carbonyl (C=O) groups excluding carboxylic acids is 1. The number of rotatable bonds is 9. The lowest BCUT2D eigenvalue weighted by molar-refractivity contribution is -0.121. The van der Waals surface area contributed by atoms with Gasteiger partial charge in [0.2, 0.25) is 15.9 Å². The lowest BCUT2D eigenvalue weighted by Gasteiger charge is -2.29. The van der Waals surface area contributed by atoms with Crippen molar-refractivity contribution in [2.75, 3.05) is 30.8 Å². The zero-order valence-electron chi connectivity index (χ0n) is 18.0. The summed E-state index contributed by atoms with van der Waals surface area (Å²) < 4.78 is 37.0. The third-order valence-corrected chi connectivity index (χ3v) is 6.32. The van der Waals surface area contributed by atoms with Crippen LogP contribution in [0.15, 0.2) is 60.7 Å². The fraction of sp³-hybridized carbons (Fsp3) is 0.261. The fourth-order valence-electron chi connectivity index (χ4n) is 3.36. The first kappa shape index (κ1) is 23.7. The van der Waals surface area contributed by atoms with Gasteiger partial charge >= 0.3 is 0 Å². The minimum atomic E-state index is -3.80. The zero-order valence-corrected chi connectivity index (χ0v) is 19.6. The highest BCUT2D eigenvalue weighted by atomic mass is 35.5. The number of carbonyl (C=O) groups is 1. The summed E-state index contributed by atoms with van der Waals surface area (Å²) in [6.07, 6.45) is 1.03. The molecule has 7 nitrogen and oxygen atoms in total. The maximum atomic E-state index is 12.7. The molecular formula is C23H25ClN2O5S. The molecule has 3 rings (SSSR count). The predicted molar refractivity (Wildman–Crippen MR) is 127 cm³/mol. The molecule has 0 aliphatic carbocycles. The molecule has 1 N–H and O–H groups in total. The van der Waals surface area contributed by atoms with Crippen molar-refractivity contribution in [3.8, 4) is 11.5 Å². The quantitative estimate of drug-likeness (QED) is 0.474. The smallest absolute Gasteiger partial charge is 0.243 e. The van der Waals surface area contributed by atoms with Crippen LogP contribution < -0.4 is 19.1 Å². The van der Waals surface area contributed by atoms with E-state index in [-0.39, 0.29) is 18.8 Å². The number of anilines is 1. The molecular weight excluding hydrogens is 452 g/mol.